The van der Waals surface area contributed by atoms with Crippen molar-refractivity contribution in [3.05, 3.63) is 12.7 Å². The average Bonchev–Trinajstić information content (AvgIpc) is 1.85. The minimum atomic E-state index is -4.25. The Balaban J connectivity index is 3.15. The lowest BCUT2D eigenvalue weighted by atomic mass is 10.8. The van der Waals surface area contributed by atoms with E-state index in [1.807, 2.05) is 0 Å². The lowest BCUT2D eigenvalue weighted by molar-refractivity contribution is 0.208. The van der Waals surface area contributed by atoms with Gasteiger partial charge in [0.1, 0.15) is 0 Å². The molecule has 0 aromatic rings. The van der Waals surface area contributed by atoms with Crippen molar-refractivity contribution in [3.63, 3.8) is 0 Å². The quantitative estimate of drug-likeness (QED) is 0.379. The van der Waals surface area contributed by atoms with Gasteiger partial charge in [-0.05, 0) is 0 Å². The van der Waals surface area contributed by atoms with Gasteiger partial charge in [0.15, 0.2) is 0 Å². The van der Waals surface area contributed by atoms with E-state index in [9.17, 15) is 4.57 Å². The molecule has 0 aromatic carbocycles. The Bertz CT molecular complexity index is 155. The molecule has 2 N–H and O–H groups in total. The van der Waals surface area contributed by atoms with Gasteiger partial charge in [0.2, 0.25) is 0 Å². The first kappa shape index (κ1) is 11.2. The molecule has 0 fully saturated rings. The Kier molecular flexibility index (Phi) is 5.91. The molecule has 0 aliphatic carbocycles. The number of phosphoric acid groups is 1. The number of thioether (sulfide) groups is 1. The van der Waals surface area contributed by atoms with Crippen LogP contribution in [0.2, 0.25) is 0 Å². The number of hydrogen-bond donors (Lipinski definition) is 2. The Morgan fingerprint density at radius 2 is 2.27 bits per heavy atom. The monoisotopic (exact) mass is 198 g/mol. The number of hydrogen-bond acceptors (Lipinski definition) is 3. The van der Waals surface area contributed by atoms with Crippen LogP contribution < -0.4 is 0 Å². The van der Waals surface area contributed by atoms with Gasteiger partial charge in [0.05, 0.1) is 6.61 Å². The van der Waals surface area contributed by atoms with Crippen molar-refractivity contribution < 1.29 is 18.9 Å². The van der Waals surface area contributed by atoms with Crippen LogP contribution in [0, 0.1) is 0 Å². The van der Waals surface area contributed by atoms with E-state index < -0.39 is 7.82 Å². The van der Waals surface area contributed by atoms with Crippen LogP contribution in [-0.4, -0.2) is 27.9 Å². The SMILES string of the molecule is C=CCSCCOP(=O)(O)O. The van der Waals surface area contributed by atoms with Gasteiger partial charge in [0.25, 0.3) is 0 Å². The zero-order valence-electron chi connectivity index (χ0n) is 5.97. The molecule has 0 radical (unpaired) electrons. The van der Waals surface area contributed by atoms with Crippen molar-refractivity contribution in [2.75, 3.05) is 18.1 Å². The molecule has 6 heteroatoms. The van der Waals surface area contributed by atoms with Crippen molar-refractivity contribution in [2.24, 2.45) is 0 Å². The molecule has 0 heterocycles. The molecule has 0 rings (SSSR count). The van der Waals surface area contributed by atoms with Crippen molar-refractivity contribution >= 4 is 19.6 Å². The summed E-state index contributed by atoms with van der Waals surface area (Å²) >= 11 is 1.51. The summed E-state index contributed by atoms with van der Waals surface area (Å²) in [5, 5.41) is 0. The summed E-state index contributed by atoms with van der Waals surface area (Å²) in [5.74, 6) is 1.33. The van der Waals surface area contributed by atoms with Crippen LogP contribution >= 0.6 is 19.6 Å². The maximum absolute atomic E-state index is 10.1. The molecule has 0 saturated heterocycles. The Morgan fingerprint density at radius 3 is 2.73 bits per heavy atom. The topological polar surface area (TPSA) is 66.8 Å². The van der Waals surface area contributed by atoms with E-state index in [0.29, 0.717) is 5.75 Å². The molecule has 4 nitrogen and oxygen atoms in total. The van der Waals surface area contributed by atoms with Crippen LogP contribution in [0.15, 0.2) is 12.7 Å². The molecule has 0 saturated carbocycles. The minimum Gasteiger partial charge on any atom is -0.303 e. The molecule has 0 bridgehead atoms. The van der Waals surface area contributed by atoms with E-state index in [1.165, 1.54) is 11.8 Å². The van der Waals surface area contributed by atoms with Gasteiger partial charge in [-0.15, -0.1) is 6.58 Å². The third kappa shape index (κ3) is 10.2. The second kappa shape index (κ2) is 5.80. The summed E-state index contributed by atoms with van der Waals surface area (Å²) < 4.78 is 14.3. The molecular formula is C5H11O4PS. The average molecular weight is 198 g/mol. The normalized spacial score (nSPS) is 11.5. The fourth-order valence-electron chi connectivity index (χ4n) is 0.382. The van der Waals surface area contributed by atoms with Crippen LogP contribution in [0.4, 0.5) is 0 Å². The van der Waals surface area contributed by atoms with Crippen molar-refractivity contribution in [2.45, 2.75) is 0 Å². The van der Waals surface area contributed by atoms with Crippen LogP contribution in [0.1, 0.15) is 0 Å². The van der Waals surface area contributed by atoms with Crippen molar-refractivity contribution in [3.8, 4) is 0 Å². The van der Waals surface area contributed by atoms with Gasteiger partial charge in [0, 0.05) is 11.5 Å². The zero-order chi connectivity index (χ0) is 8.74. The first-order valence-electron chi connectivity index (χ1n) is 2.95. The summed E-state index contributed by atoms with van der Waals surface area (Å²) in [6.07, 6.45) is 1.72. The third-order valence-electron chi connectivity index (χ3n) is 0.723. The second-order valence-electron chi connectivity index (χ2n) is 1.69. The molecule has 66 valence electrons. The molecule has 0 aliphatic heterocycles. The van der Waals surface area contributed by atoms with E-state index in [4.69, 9.17) is 9.79 Å². The van der Waals surface area contributed by atoms with Crippen molar-refractivity contribution in [1.29, 1.82) is 0 Å². The van der Waals surface area contributed by atoms with E-state index in [2.05, 4.69) is 11.1 Å². The number of phosphoric ester groups is 1. The first-order valence-corrected chi connectivity index (χ1v) is 5.63. The first-order chi connectivity index (χ1) is 5.06. The standard InChI is InChI=1S/C5H11O4PS/c1-2-4-11-5-3-9-10(6,7)8/h2H,1,3-5H2,(H2,6,7,8). The zero-order valence-corrected chi connectivity index (χ0v) is 7.68. The van der Waals surface area contributed by atoms with Crippen LogP contribution in [0.3, 0.4) is 0 Å². The third-order valence-corrected chi connectivity index (χ3v) is 2.17. The Labute approximate surface area is 69.9 Å². The predicted molar refractivity (Wildman–Crippen MR) is 45.5 cm³/mol. The Morgan fingerprint density at radius 1 is 1.64 bits per heavy atom. The maximum Gasteiger partial charge on any atom is 0.469 e. The highest BCUT2D eigenvalue weighted by molar-refractivity contribution is 7.99. The van der Waals surface area contributed by atoms with Gasteiger partial charge in [-0.1, -0.05) is 6.08 Å². The highest BCUT2D eigenvalue weighted by Gasteiger charge is 2.12. The summed E-state index contributed by atoms with van der Waals surface area (Å²) in [5.41, 5.74) is 0. The molecule has 11 heavy (non-hydrogen) atoms. The second-order valence-corrected chi connectivity index (χ2v) is 4.08. The highest BCUT2D eigenvalue weighted by atomic mass is 32.2. The van der Waals surface area contributed by atoms with E-state index in [0.717, 1.165) is 5.75 Å². The summed E-state index contributed by atoms with van der Waals surface area (Å²) in [7, 11) is -4.25. The fourth-order valence-corrected chi connectivity index (χ4v) is 1.37. The van der Waals surface area contributed by atoms with Crippen LogP contribution in [0.5, 0.6) is 0 Å². The van der Waals surface area contributed by atoms with Gasteiger partial charge >= 0.3 is 7.82 Å². The molecular weight excluding hydrogens is 187 g/mol. The summed E-state index contributed by atoms with van der Waals surface area (Å²) in [6, 6.07) is 0. The minimum absolute atomic E-state index is 0.0722. The van der Waals surface area contributed by atoms with Gasteiger partial charge < -0.3 is 9.79 Å². The molecule has 0 spiro atoms. The van der Waals surface area contributed by atoms with Crippen LogP contribution in [-0.2, 0) is 9.09 Å². The lowest BCUT2D eigenvalue weighted by Crippen LogP contribution is -1.94. The van der Waals surface area contributed by atoms with Gasteiger partial charge in [-0.2, -0.15) is 11.8 Å². The van der Waals surface area contributed by atoms with E-state index >= 15 is 0 Å². The van der Waals surface area contributed by atoms with Gasteiger partial charge in [-0.3, -0.25) is 4.52 Å². The largest absolute Gasteiger partial charge is 0.469 e. The smallest absolute Gasteiger partial charge is 0.303 e. The van der Waals surface area contributed by atoms with Gasteiger partial charge in [-0.25, -0.2) is 4.57 Å². The van der Waals surface area contributed by atoms with Crippen LogP contribution in [0.25, 0.3) is 0 Å². The van der Waals surface area contributed by atoms with E-state index in [-0.39, 0.29) is 6.61 Å². The molecule has 0 atom stereocenters. The fraction of sp³-hybridized carbons (Fsp3) is 0.600. The predicted octanol–water partition coefficient (Wildman–Crippen LogP) is 1.01. The van der Waals surface area contributed by atoms with Crippen molar-refractivity contribution in [1.82, 2.24) is 0 Å². The molecule has 0 aliphatic rings. The summed E-state index contributed by atoms with van der Waals surface area (Å²) in [4.78, 5) is 16.5. The molecule has 0 aromatic heterocycles. The number of rotatable bonds is 6. The molecule has 0 unspecified atom stereocenters. The van der Waals surface area contributed by atoms with E-state index in [1.54, 1.807) is 6.08 Å². The lowest BCUT2D eigenvalue weighted by Gasteiger charge is -2.03. The summed E-state index contributed by atoms with van der Waals surface area (Å²) in [6.45, 7) is 3.56. The maximum atomic E-state index is 10.1. The Hall–Kier alpha value is 0.200. The molecule has 0 amide bonds. The highest BCUT2D eigenvalue weighted by Crippen LogP contribution is 2.35.